The highest BCUT2D eigenvalue weighted by molar-refractivity contribution is 7.19. The van der Waals surface area contributed by atoms with E-state index in [0.717, 1.165) is 18.1 Å². The molecule has 0 aliphatic carbocycles. The van der Waals surface area contributed by atoms with E-state index in [1.165, 1.54) is 11.3 Å². The van der Waals surface area contributed by atoms with Crippen LogP contribution in [0.1, 0.15) is 54.1 Å². The predicted molar refractivity (Wildman–Crippen MR) is 82.9 cm³/mol. The van der Waals surface area contributed by atoms with Gasteiger partial charge in [-0.3, -0.25) is 4.79 Å². The van der Waals surface area contributed by atoms with E-state index in [4.69, 9.17) is 10.5 Å². The first-order chi connectivity index (χ1) is 9.51. The minimum absolute atomic E-state index is 0.0449. The van der Waals surface area contributed by atoms with Gasteiger partial charge in [0.05, 0.1) is 17.2 Å². The monoisotopic (exact) mass is 298 g/mol. The molecule has 6 heteroatoms. The average Bonchev–Trinajstić information content (AvgIpc) is 2.77. The Morgan fingerprint density at radius 1 is 1.20 bits per heavy atom. The van der Waals surface area contributed by atoms with Gasteiger partial charge in [0.15, 0.2) is 5.78 Å². The topological polar surface area (TPSA) is 72.6 Å². The maximum atomic E-state index is 12.1. The van der Waals surface area contributed by atoms with Crippen molar-refractivity contribution in [1.82, 2.24) is 0 Å². The maximum absolute atomic E-state index is 12.1. The zero-order chi connectivity index (χ0) is 15.3. The molecule has 20 heavy (non-hydrogen) atoms. The molecular weight excluding hydrogens is 276 g/mol. The number of Topliss-reactive ketones (excluding diaryl/α,β-unsaturated/α-hetero) is 1. The van der Waals surface area contributed by atoms with Gasteiger partial charge in [-0.15, -0.1) is 11.3 Å². The van der Waals surface area contributed by atoms with Gasteiger partial charge in [0.2, 0.25) is 0 Å². The van der Waals surface area contributed by atoms with Crippen molar-refractivity contribution in [3.05, 3.63) is 10.4 Å². The lowest BCUT2D eigenvalue weighted by molar-refractivity contribution is 0.0529. The Kier molecular flexibility index (Phi) is 6.01. The van der Waals surface area contributed by atoms with Crippen molar-refractivity contribution < 1.29 is 14.3 Å². The molecule has 112 valence electrons. The van der Waals surface area contributed by atoms with Gasteiger partial charge in [-0.25, -0.2) is 4.79 Å². The highest BCUT2D eigenvalue weighted by atomic mass is 32.1. The molecule has 0 atom stereocenters. The molecule has 0 aliphatic rings. The first-order valence-electron chi connectivity index (χ1n) is 6.89. The summed E-state index contributed by atoms with van der Waals surface area (Å²) >= 11 is 1.28. The van der Waals surface area contributed by atoms with E-state index in [2.05, 4.69) is 0 Å². The number of thiophene rings is 1. The van der Waals surface area contributed by atoms with Gasteiger partial charge in [0, 0.05) is 19.5 Å². The van der Waals surface area contributed by atoms with Gasteiger partial charge in [0.25, 0.3) is 0 Å². The number of esters is 1. The summed E-state index contributed by atoms with van der Waals surface area (Å²) in [6.07, 6.45) is 0.366. The standard InChI is InChI=1S/C14H22N2O3S/c1-5-9(17)12-11(15)10(14(18)19-8-4)13(20-12)16(6-2)7-3/h5-8,15H2,1-4H3. The van der Waals surface area contributed by atoms with Crippen molar-refractivity contribution in [2.75, 3.05) is 30.3 Å². The second-order valence-corrected chi connectivity index (χ2v) is 5.19. The molecule has 1 aromatic rings. The second-order valence-electron chi connectivity index (χ2n) is 4.19. The van der Waals surface area contributed by atoms with Crippen LogP contribution in [-0.2, 0) is 4.74 Å². The number of rotatable bonds is 7. The summed E-state index contributed by atoms with van der Waals surface area (Å²) in [6.45, 7) is 9.28. The maximum Gasteiger partial charge on any atom is 0.343 e. The fourth-order valence-corrected chi connectivity index (χ4v) is 3.28. The molecule has 0 radical (unpaired) electrons. The third-order valence-electron chi connectivity index (χ3n) is 3.03. The minimum Gasteiger partial charge on any atom is -0.462 e. The molecule has 0 unspecified atom stereocenters. The van der Waals surface area contributed by atoms with Crippen LogP contribution in [0.3, 0.4) is 0 Å². The third kappa shape index (κ3) is 3.12. The molecule has 1 aromatic heterocycles. The van der Waals surface area contributed by atoms with Crippen molar-refractivity contribution in [3.63, 3.8) is 0 Å². The van der Waals surface area contributed by atoms with Crippen LogP contribution in [0, 0.1) is 0 Å². The van der Waals surface area contributed by atoms with Gasteiger partial charge >= 0.3 is 5.97 Å². The van der Waals surface area contributed by atoms with Crippen LogP contribution >= 0.6 is 11.3 Å². The molecule has 1 heterocycles. The number of hydrogen-bond acceptors (Lipinski definition) is 6. The van der Waals surface area contributed by atoms with Crippen molar-refractivity contribution >= 4 is 33.8 Å². The second kappa shape index (κ2) is 7.28. The number of nitrogen functional groups attached to an aromatic ring is 1. The first-order valence-corrected chi connectivity index (χ1v) is 7.70. The number of ketones is 1. The summed E-state index contributed by atoms with van der Waals surface area (Å²) in [5.41, 5.74) is 6.60. The number of hydrogen-bond donors (Lipinski definition) is 1. The van der Waals surface area contributed by atoms with E-state index in [1.807, 2.05) is 18.7 Å². The highest BCUT2D eigenvalue weighted by Gasteiger charge is 2.27. The number of ether oxygens (including phenoxy) is 1. The lowest BCUT2D eigenvalue weighted by atomic mass is 10.1. The molecule has 5 nitrogen and oxygen atoms in total. The van der Waals surface area contributed by atoms with Crippen molar-refractivity contribution in [3.8, 4) is 0 Å². The van der Waals surface area contributed by atoms with Crippen molar-refractivity contribution in [1.29, 1.82) is 0 Å². The van der Waals surface area contributed by atoms with E-state index in [-0.39, 0.29) is 18.1 Å². The normalized spacial score (nSPS) is 10.4. The largest absolute Gasteiger partial charge is 0.462 e. The summed E-state index contributed by atoms with van der Waals surface area (Å²) in [5, 5.41) is 0.725. The summed E-state index contributed by atoms with van der Waals surface area (Å²) < 4.78 is 5.07. The number of carbonyl (C=O) groups excluding carboxylic acids is 2. The lowest BCUT2D eigenvalue weighted by Gasteiger charge is -2.20. The van der Waals surface area contributed by atoms with Crippen LogP contribution in [0.4, 0.5) is 10.7 Å². The molecule has 1 rings (SSSR count). The van der Waals surface area contributed by atoms with Crippen LogP contribution in [0.25, 0.3) is 0 Å². The third-order valence-corrected chi connectivity index (χ3v) is 4.34. The molecule has 0 saturated heterocycles. The quantitative estimate of drug-likeness (QED) is 0.619. The van der Waals surface area contributed by atoms with Crippen molar-refractivity contribution in [2.24, 2.45) is 0 Å². The van der Waals surface area contributed by atoms with E-state index in [1.54, 1.807) is 13.8 Å². The Balaban J connectivity index is 3.39. The van der Waals surface area contributed by atoms with Crippen molar-refractivity contribution in [2.45, 2.75) is 34.1 Å². The van der Waals surface area contributed by atoms with Crippen LogP contribution in [0.2, 0.25) is 0 Å². The molecule has 0 bridgehead atoms. The van der Waals surface area contributed by atoms with Gasteiger partial charge in [0.1, 0.15) is 10.6 Å². The number of carbonyl (C=O) groups is 2. The molecule has 0 amide bonds. The average molecular weight is 298 g/mol. The summed E-state index contributed by atoms with van der Waals surface area (Å²) in [4.78, 5) is 26.5. The van der Waals surface area contributed by atoms with Gasteiger partial charge in [-0.2, -0.15) is 0 Å². The Morgan fingerprint density at radius 2 is 1.80 bits per heavy atom. The fraction of sp³-hybridized carbons (Fsp3) is 0.571. The summed E-state index contributed by atoms with van der Waals surface area (Å²) in [5.74, 6) is -0.505. The van der Waals surface area contributed by atoms with Crippen LogP contribution in [-0.4, -0.2) is 31.4 Å². The molecule has 0 saturated carbocycles. The molecule has 0 spiro atoms. The van der Waals surface area contributed by atoms with Crippen LogP contribution < -0.4 is 10.6 Å². The zero-order valence-electron chi connectivity index (χ0n) is 12.5. The predicted octanol–water partition coefficient (Wildman–Crippen LogP) is 2.95. The number of anilines is 2. The first kappa shape index (κ1) is 16.5. The molecule has 2 N–H and O–H groups in total. The molecule has 0 fully saturated rings. The molecule has 0 aliphatic heterocycles. The Labute approximate surface area is 123 Å². The fourth-order valence-electron chi connectivity index (χ4n) is 1.93. The summed E-state index contributed by atoms with van der Waals surface area (Å²) in [7, 11) is 0. The molecule has 0 aromatic carbocycles. The van der Waals surface area contributed by atoms with Gasteiger partial charge < -0.3 is 15.4 Å². The van der Waals surface area contributed by atoms with Crippen LogP contribution in [0.15, 0.2) is 0 Å². The Bertz CT molecular complexity index is 493. The van der Waals surface area contributed by atoms with Crippen LogP contribution in [0.5, 0.6) is 0 Å². The SMILES string of the molecule is CCOC(=O)c1c(N(CC)CC)sc(C(=O)CC)c1N. The van der Waals surface area contributed by atoms with Gasteiger partial charge in [-0.05, 0) is 20.8 Å². The lowest BCUT2D eigenvalue weighted by Crippen LogP contribution is -2.23. The number of nitrogens with two attached hydrogens (primary N) is 1. The van der Waals surface area contributed by atoms with E-state index in [0.29, 0.717) is 16.9 Å². The zero-order valence-corrected chi connectivity index (χ0v) is 13.3. The Morgan fingerprint density at radius 3 is 2.25 bits per heavy atom. The van der Waals surface area contributed by atoms with Gasteiger partial charge in [-0.1, -0.05) is 6.92 Å². The molecular formula is C14H22N2O3S. The van der Waals surface area contributed by atoms with E-state index >= 15 is 0 Å². The van der Waals surface area contributed by atoms with E-state index < -0.39 is 5.97 Å². The summed E-state index contributed by atoms with van der Waals surface area (Å²) in [6, 6.07) is 0. The minimum atomic E-state index is -0.460. The smallest absolute Gasteiger partial charge is 0.343 e. The number of nitrogens with zero attached hydrogens (tertiary/aromatic N) is 1. The van der Waals surface area contributed by atoms with E-state index in [9.17, 15) is 9.59 Å². The highest BCUT2D eigenvalue weighted by Crippen LogP contribution is 2.39. The Hall–Kier alpha value is -1.56.